The number of carbonyl (C=O) groups is 1. The van der Waals surface area contributed by atoms with Gasteiger partial charge in [-0.2, -0.15) is 0 Å². The van der Waals surface area contributed by atoms with Crippen LogP contribution in [0, 0.1) is 11.7 Å². The Bertz CT molecular complexity index is 883. The molecule has 0 radical (unpaired) electrons. The molecular formula is C27H35FN2O2. The van der Waals surface area contributed by atoms with Crippen molar-refractivity contribution >= 4 is 5.91 Å². The number of carbonyl (C=O) groups excluding carboxylic acids is 1. The minimum atomic E-state index is -0.247. The van der Waals surface area contributed by atoms with E-state index in [1.807, 2.05) is 24.3 Å². The highest BCUT2D eigenvalue weighted by molar-refractivity contribution is 5.79. The van der Waals surface area contributed by atoms with E-state index in [2.05, 4.69) is 30.7 Å². The Kier molecular flexibility index (Phi) is 7.14. The van der Waals surface area contributed by atoms with Gasteiger partial charge in [-0.15, -0.1) is 0 Å². The van der Waals surface area contributed by atoms with Gasteiger partial charge in [0.05, 0.1) is 13.0 Å². The van der Waals surface area contributed by atoms with Gasteiger partial charge in [-0.3, -0.25) is 4.79 Å². The van der Waals surface area contributed by atoms with Crippen molar-refractivity contribution in [3.05, 3.63) is 65.5 Å². The van der Waals surface area contributed by atoms with Crippen LogP contribution in [0.2, 0.25) is 0 Å². The summed E-state index contributed by atoms with van der Waals surface area (Å²) in [5, 5.41) is 0. The second kappa shape index (κ2) is 10.0. The van der Waals surface area contributed by atoms with Gasteiger partial charge in [-0.1, -0.05) is 38.1 Å². The Morgan fingerprint density at radius 2 is 1.62 bits per heavy atom. The highest BCUT2D eigenvalue weighted by Gasteiger charge is 2.41. The minimum Gasteiger partial charge on any atom is -0.493 e. The molecule has 4 rings (SSSR count). The predicted molar refractivity (Wildman–Crippen MR) is 125 cm³/mol. The first-order valence-corrected chi connectivity index (χ1v) is 11.9. The molecule has 0 aliphatic carbocycles. The second-order valence-corrected chi connectivity index (χ2v) is 9.85. The normalized spacial score (nSPS) is 22.8. The fraction of sp³-hybridized carbons (Fsp3) is 0.519. The molecule has 172 valence electrons. The van der Waals surface area contributed by atoms with Gasteiger partial charge in [0.25, 0.3) is 0 Å². The molecular weight excluding hydrogens is 403 g/mol. The van der Waals surface area contributed by atoms with Crippen LogP contribution < -0.4 is 4.74 Å². The lowest BCUT2D eigenvalue weighted by atomic mass is 9.95. The zero-order chi connectivity index (χ0) is 22.7. The molecule has 2 aliphatic rings. The lowest BCUT2D eigenvalue weighted by Gasteiger charge is -2.42. The molecule has 2 heterocycles. The maximum atomic E-state index is 13.5. The molecule has 32 heavy (non-hydrogen) atoms. The maximum Gasteiger partial charge on any atom is 0.227 e. The Balaban J connectivity index is 1.47. The van der Waals surface area contributed by atoms with Gasteiger partial charge >= 0.3 is 0 Å². The maximum absolute atomic E-state index is 13.5. The lowest BCUT2D eigenvalue weighted by Crippen LogP contribution is -2.50. The Morgan fingerprint density at radius 3 is 2.22 bits per heavy atom. The monoisotopic (exact) mass is 438 g/mol. The first-order valence-electron chi connectivity index (χ1n) is 11.9. The average Bonchev–Trinajstić information content (AvgIpc) is 2.98. The highest BCUT2D eigenvalue weighted by Crippen LogP contribution is 2.37. The van der Waals surface area contributed by atoms with Crippen molar-refractivity contribution < 1.29 is 13.9 Å². The van der Waals surface area contributed by atoms with Crippen molar-refractivity contribution in [2.75, 3.05) is 13.7 Å². The van der Waals surface area contributed by atoms with Crippen LogP contribution in [0.15, 0.2) is 48.5 Å². The number of fused-ring (bicyclic) bond motifs is 2. The van der Waals surface area contributed by atoms with E-state index in [0.29, 0.717) is 37.6 Å². The molecule has 0 saturated carbocycles. The summed E-state index contributed by atoms with van der Waals surface area (Å²) < 4.78 is 19.2. The largest absolute Gasteiger partial charge is 0.493 e. The van der Waals surface area contributed by atoms with E-state index in [-0.39, 0.29) is 17.8 Å². The molecule has 0 aromatic heterocycles. The molecule has 4 nitrogen and oxygen atoms in total. The third-order valence-electron chi connectivity index (χ3n) is 6.96. The van der Waals surface area contributed by atoms with Crippen LogP contribution in [0.1, 0.15) is 50.7 Å². The van der Waals surface area contributed by atoms with Gasteiger partial charge in [0.1, 0.15) is 11.6 Å². The van der Waals surface area contributed by atoms with Crippen LogP contribution >= 0.6 is 0 Å². The summed E-state index contributed by atoms with van der Waals surface area (Å²) in [5.41, 5.74) is 1.97. The predicted octanol–water partition coefficient (Wildman–Crippen LogP) is 5.06. The SMILES string of the molecule is CC(C)COc1ccc(CC(=O)N(Cc2ccc(F)cc2)C2C[C@H]3CC[C@@H](C2)N3C)cc1. The summed E-state index contributed by atoms with van der Waals surface area (Å²) in [4.78, 5) is 18.0. The fourth-order valence-corrected chi connectivity index (χ4v) is 5.09. The van der Waals surface area contributed by atoms with Crippen molar-refractivity contribution in [2.24, 2.45) is 5.92 Å². The topological polar surface area (TPSA) is 32.8 Å². The molecule has 1 amide bonds. The smallest absolute Gasteiger partial charge is 0.227 e. The number of halogens is 1. The van der Waals surface area contributed by atoms with Gasteiger partial charge in [-0.25, -0.2) is 4.39 Å². The van der Waals surface area contributed by atoms with Crippen LogP contribution in [0.25, 0.3) is 0 Å². The van der Waals surface area contributed by atoms with E-state index in [1.54, 1.807) is 12.1 Å². The highest BCUT2D eigenvalue weighted by atomic mass is 19.1. The van der Waals surface area contributed by atoms with Gasteiger partial charge in [-0.05, 0) is 74.0 Å². The van der Waals surface area contributed by atoms with Crippen molar-refractivity contribution in [3.8, 4) is 5.75 Å². The van der Waals surface area contributed by atoms with E-state index >= 15 is 0 Å². The summed E-state index contributed by atoms with van der Waals surface area (Å²) in [7, 11) is 2.22. The molecule has 3 atom stereocenters. The van der Waals surface area contributed by atoms with E-state index in [9.17, 15) is 9.18 Å². The van der Waals surface area contributed by atoms with Crippen molar-refractivity contribution in [3.63, 3.8) is 0 Å². The molecule has 2 aromatic carbocycles. The number of benzene rings is 2. The van der Waals surface area contributed by atoms with E-state index < -0.39 is 0 Å². The zero-order valence-electron chi connectivity index (χ0n) is 19.5. The Labute approximate surface area is 191 Å². The Morgan fingerprint density at radius 1 is 1.03 bits per heavy atom. The summed E-state index contributed by atoms with van der Waals surface area (Å²) in [5.74, 6) is 1.20. The molecule has 2 fully saturated rings. The van der Waals surface area contributed by atoms with Gasteiger partial charge in [0.15, 0.2) is 0 Å². The first kappa shape index (κ1) is 22.8. The molecule has 2 saturated heterocycles. The third kappa shape index (κ3) is 5.50. The summed E-state index contributed by atoms with van der Waals surface area (Å²) >= 11 is 0. The third-order valence-corrected chi connectivity index (χ3v) is 6.96. The van der Waals surface area contributed by atoms with Gasteiger partial charge < -0.3 is 14.5 Å². The number of hydrogen-bond donors (Lipinski definition) is 0. The van der Waals surface area contributed by atoms with Gasteiger partial charge in [0, 0.05) is 24.7 Å². The number of piperidine rings is 1. The van der Waals surface area contributed by atoms with Crippen molar-refractivity contribution in [2.45, 2.75) is 70.6 Å². The number of rotatable bonds is 8. The first-order chi connectivity index (χ1) is 15.4. The van der Waals surface area contributed by atoms with Crippen LogP contribution in [-0.2, 0) is 17.8 Å². The molecule has 2 bridgehead atoms. The summed E-state index contributed by atoms with van der Waals surface area (Å²) in [6, 6.07) is 15.8. The zero-order valence-corrected chi connectivity index (χ0v) is 19.5. The number of hydrogen-bond acceptors (Lipinski definition) is 3. The van der Waals surface area contributed by atoms with Crippen molar-refractivity contribution in [1.82, 2.24) is 9.80 Å². The van der Waals surface area contributed by atoms with Crippen LogP contribution in [0.4, 0.5) is 4.39 Å². The van der Waals surface area contributed by atoms with Crippen LogP contribution in [-0.4, -0.2) is 47.5 Å². The minimum absolute atomic E-state index is 0.138. The van der Waals surface area contributed by atoms with E-state index in [0.717, 1.165) is 29.7 Å². The molecule has 2 aromatic rings. The van der Waals surface area contributed by atoms with Crippen LogP contribution in [0.5, 0.6) is 5.75 Å². The van der Waals surface area contributed by atoms with Crippen molar-refractivity contribution in [1.29, 1.82) is 0 Å². The molecule has 2 aliphatic heterocycles. The summed E-state index contributed by atoms with van der Waals surface area (Å²) in [6.45, 7) is 5.46. The number of ether oxygens (including phenoxy) is 1. The van der Waals surface area contributed by atoms with Crippen LogP contribution in [0.3, 0.4) is 0 Å². The fourth-order valence-electron chi connectivity index (χ4n) is 5.09. The summed E-state index contributed by atoms with van der Waals surface area (Å²) in [6.07, 6.45) is 4.83. The number of amides is 1. The molecule has 0 N–H and O–H groups in total. The molecule has 1 unspecified atom stereocenters. The Hall–Kier alpha value is -2.40. The van der Waals surface area contributed by atoms with Gasteiger partial charge in [0.2, 0.25) is 5.91 Å². The number of nitrogens with zero attached hydrogens (tertiary/aromatic N) is 2. The second-order valence-electron chi connectivity index (χ2n) is 9.85. The lowest BCUT2D eigenvalue weighted by molar-refractivity contribution is -0.135. The van der Waals surface area contributed by atoms with E-state index in [1.165, 1.54) is 25.0 Å². The van der Waals surface area contributed by atoms with E-state index in [4.69, 9.17) is 4.74 Å². The average molecular weight is 439 g/mol. The standard InChI is InChI=1S/C27H35FN2O2/c1-19(2)18-32-26-12-6-20(7-13-26)14-27(31)30(17-21-4-8-22(28)9-5-21)25-15-23-10-11-24(16-25)29(23)3/h4-9,12-13,19,23-25H,10-11,14-18H2,1-3H3/t23-,24+,25?. The molecule has 0 spiro atoms. The molecule has 5 heteroatoms. The quantitative estimate of drug-likeness (QED) is 0.578.